The lowest BCUT2D eigenvalue weighted by Crippen LogP contribution is -2.27. The van der Waals surface area contributed by atoms with Crippen LogP contribution in [-0.4, -0.2) is 20.4 Å². The minimum absolute atomic E-state index is 0.145. The fourth-order valence-corrected chi connectivity index (χ4v) is 2.66. The Labute approximate surface area is 179 Å². The molecule has 1 atom stereocenters. The van der Waals surface area contributed by atoms with Crippen LogP contribution in [0.15, 0.2) is 42.6 Å². The first-order valence-corrected chi connectivity index (χ1v) is 10.2. The topological polar surface area (TPSA) is 80.3 Å². The van der Waals surface area contributed by atoms with Gasteiger partial charge in [0.2, 0.25) is 5.91 Å². The number of rotatable bonds is 7. The Hall–Kier alpha value is -2.16. The number of nitrogens with zero attached hydrogens (tertiary/aromatic N) is 1. The predicted molar refractivity (Wildman–Crippen MR) is 119 cm³/mol. The first kappa shape index (κ1) is 22.1. The van der Waals surface area contributed by atoms with Crippen molar-refractivity contribution in [3.05, 3.63) is 53.7 Å². The zero-order chi connectivity index (χ0) is 20.9. The van der Waals surface area contributed by atoms with Crippen LogP contribution in [0.4, 0.5) is 5.82 Å². The van der Waals surface area contributed by atoms with E-state index >= 15 is 0 Å². The second-order valence-electron chi connectivity index (χ2n) is 7.31. The number of benzene rings is 1. The molecule has 150 valence electrons. The third kappa shape index (κ3) is 6.78. The summed E-state index contributed by atoms with van der Waals surface area (Å²) in [5, 5.41) is 5.67. The van der Waals surface area contributed by atoms with Crippen molar-refractivity contribution in [2.45, 2.75) is 44.3 Å². The highest BCUT2D eigenvalue weighted by molar-refractivity contribution is 14.1. The first-order chi connectivity index (χ1) is 13.0. The van der Waals surface area contributed by atoms with Gasteiger partial charge in [0, 0.05) is 17.7 Å². The summed E-state index contributed by atoms with van der Waals surface area (Å²) in [4.78, 5) is 28.6. The molecule has 1 heterocycles. The summed E-state index contributed by atoms with van der Waals surface area (Å²) in [7, 11) is 0. The summed E-state index contributed by atoms with van der Waals surface area (Å²) in [5.74, 6) is 0.560. The van der Waals surface area contributed by atoms with Gasteiger partial charge in [-0.2, -0.15) is 0 Å². The van der Waals surface area contributed by atoms with Crippen molar-refractivity contribution in [2.75, 3.05) is 5.32 Å². The van der Waals surface area contributed by atoms with E-state index < -0.39 is 0 Å². The largest absolute Gasteiger partial charge is 0.478 e. The number of aromatic nitrogens is 1. The molecule has 2 rings (SSSR count). The minimum Gasteiger partial charge on any atom is -0.478 e. The Morgan fingerprint density at radius 1 is 1.14 bits per heavy atom. The summed E-state index contributed by atoms with van der Waals surface area (Å²) >= 11 is 2.22. The number of carbonyl (C=O) groups is 2. The van der Waals surface area contributed by atoms with Gasteiger partial charge >= 0.3 is 0 Å². The smallest absolute Gasteiger partial charge is 0.251 e. The normalized spacial score (nSPS) is 12.4. The van der Waals surface area contributed by atoms with Crippen molar-refractivity contribution < 1.29 is 14.3 Å². The molecule has 28 heavy (non-hydrogen) atoms. The number of nitrogens with one attached hydrogen (secondary N) is 2. The van der Waals surface area contributed by atoms with E-state index in [4.69, 9.17) is 4.74 Å². The molecule has 0 fully saturated rings. The van der Waals surface area contributed by atoms with E-state index in [0.717, 1.165) is 11.3 Å². The molecule has 2 aromatic rings. The first-order valence-electron chi connectivity index (χ1n) is 9.11. The Morgan fingerprint density at radius 3 is 2.50 bits per heavy atom. The standard InChI is InChI=1S/C21H26IN3O3/c1-13(2)19(26)25-18-12-16(9-10-23-18)20(27)24-14(3)15-7-6-8-17(11-15)28-21(4,5)22/h6-14H,1-5H3,(H,24,27)(H,23,25,26). The molecule has 7 heteroatoms. The number of carbonyl (C=O) groups excluding carboxylic acids is 2. The van der Waals surface area contributed by atoms with E-state index in [0.29, 0.717) is 11.4 Å². The number of alkyl halides is 1. The van der Waals surface area contributed by atoms with Crippen LogP contribution in [0.1, 0.15) is 56.6 Å². The third-order valence-corrected chi connectivity index (χ3v) is 4.08. The molecule has 2 N–H and O–H groups in total. The Kier molecular flexibility index (Phi) is 7.40. The molecule has 0 bridgehead atoms. The van der Waals surface area contributed by atoms with E-state index in [1.54, 1.807) is 26.0 Å². The number of hydrogen-bond donors (Lipinski definition) is 2. The van der Waals surface area contributed by atoms with Gasteiger partial charge in [-0.1, -0.05) is 26.0 Å². The summed E-state index contributed by atoms with van der Waals surface area (Å²) in [5.41, 5.74) is 1.37. The Morgan fingerprint density at radius 2 is 1.86 bits per heavy atom. The third-order valence-electron chi connectivity index (χ3n) is 3.86. The number of halogens is 1. The van der Waals surface area contributed by atoms with Crippen LogP contribution >= 0.6 is 22.6 Å². The van der Waals surface area contributed by atoms with Gasteiger partial charge in [0.05, 0.1) is 6.04 Å². The van der Waals surface area contributed by atoms with E-state index in [-0.39, 0.29) is 27.4 Å². The van der Waals surface area contributed by atoms with Crippen molar-refractivity contribution >= 4 is 40.2 Å². The zero-order valence-electron chi connectivity index (χ0n) is 16.7. The SMILES string of the molecule is CC(C)C(=O)Nc1cc(C(=O)NC(C)c2cccc(OC(C)(C)I)c2)ccn1. The van der Waals surface area contributed by atoms with Crippen LogP contribution in [0.5, 0.6) is 5.75 Å². The van der Waals surface area contributed by atoms with Gasteiger partial charge in [0.15, 0.2) is 3.61 Å². The van der Waals surface area contributed by atoms with Crippen molar-refractivity contribution in [2.24, 2.45) is 5.92 Å². The number of hydrogen-bond acceptors (Lipinski definition) is 4. The molecule has 0 aliphatic carbocycles. The number of pyridine rings is 1. The molecule has 0 saturated carbocycles. The highest BCUT2D eigenvalue weighted by atomic mass is 127. The molecule has 0 radical (unpaired) electrons. The van der Waals surface area contributed by atoms with Gasteiger partial charge in [0.25, 0.3) is 5.91 Å². The van der Waals surface area contributed by atoms with Crippen LogP contribution in [0.2, 0.25) is 0 Å². The second-order valence-corrected chi connectivity index (χ2v) is 9.90. The van der Waals surface area contributed by atoms with Gasteiger partial charge in [-0.3, -0.25) is 9.59 Å². The number of anilines is 1. The molecule has 6 nitrogen and oxygen atoms in total. The molecule has 0 saturated heterocycles. The van der Waals surface area contributed by atoms with Crippen molar-refractivity contribution in [1.29, 1.82) is 0 Å². The van der Waals surface area contributed by atoms with E-state index in [9.17, 15) is 9.59 Å². The summed E-state index contributed by atoms with van der Waals surface area (Å²) < 4.78 is 5.56. The second kappa shape index (κ2) is 9.36. The fraction of sp³-hybridized carbons (Fsp3) is 0.381. The average Bonchev–Trinajstić information content (AvgIpc) is 2.60. The molecule has 1 unspecified atom stereocenters. The van der Waals surface area contributed by atoms with Crippen LogP contribution in [0.25, 0.3) is 0 Å². The number of amides is 2. The lowest BCUT2D eigenvalue weighted by atomic mass is 10.1. The lowest BCUT2D eigenvalue weighted by molar-refractivity contribution is -0.118. The summed E-state index contributed by atoms with van der Waals surface area (Å²) in [6, 6.07) is 10.6. The molecular weight excluding hydrogens is 469 g/mol. The molecule has 0 aliphatic rings. The minimum atomic E-state index is -0.323. The quantitative estimate of drug-likeness (QED) is 0.431. The van der Waals surface area contributed by atoms with Gasteiger partial charge < -0.3 is 15.4 Å². The molecule has 1 aromatic carbocycles. The Balaban J connectivity index is 2.08. The zero-order valence-corrected chi connectivity index (χ0v) is 18.9. The molecule has 0 aliphatic heterocycles. The van der Waals surface area contributed by atoms with E-state index in [2.05, 4.69) is 38.2 Å². The average molecular weight is 495 g/mol. The highest BCUT2D eigenvalue weighted by Crippen LogP contribution is 2.26. The van der Waals surface area contributed by atoms with Crippen molar-refractivity contribution in [1.82, 2.24) is 10.3 Å². The van der Waals surface area contributed by atoms with E-state index in [1.165, 1.54) is 6.20 Å². The van der Waals surface area contributed by atoms with Gasteiger partial charge in [0.1, 0.15) is 11.6 Å². The van der Waals surface area contributed by atoms with Gasteiger partial charge in [-0.25, -0.2) is 4.98 Å². The number of ether oxygens (including phenoxy) is 1. The predicted octanol–water partition coefficient (Wildman–Crippen LogP) is 4.72. The van der Waals surface area contributed by atoms with E-state index in [1.807, 2.05) is 45.0 Å². The van der Waals surface area contributed by atoms with Gasteiger partial charge in [-0.05, 0) is 73.2 Å². The Bertz CT molecular complexity index is 847. The van der Waals surface area contributed by atoms with Crippen LogP contribution < -0.4 is 15.4 Å². The molecule has 0 spiro atoms. The molecule has 1 aromatic heterocycles. The van der Waals surface area contributed by atoms with Gasteiger partial charge in [-0.15, -0.1) is 0 Å². The highest BCUT2D eigenvalue weighted by Gasteiger charge is 2.17. The summed E-state index contributed by atoms with van der Waals surface area (Å²) in [6.07, 6.45) is 1.51. The van der Waals surface area contributed by atoms with Crippen LogP contribution in [0.3, 0.4) is 0 Å². The molecule has 2 amide bonds. The summed E-state index contributed by atoms with van der Waals surface area (Å²) in [6.45, 7) is 9.46. The maximum Gasteiger partial charge on any atom is 0.251 e. The van der Waals surface area contributed by atoms with Crippen molar-refractivity contribution in [3.8, 4) is 5.75 Å². The van der Waals surface area contributed by atoms with Crippen LogP contribution in [-0.2, 0) is 4.79 Å². The monoisotopic (exact) mass is 495 g/mol. The lowest BCUT2D eigenvalue weighted by Gasteiger charge is -2.21. The van der Waals surface area contributed by atoms with Crippen LogP contribution in [0, 0.1) is 5.92 Å². The maximum atomic E-state index is 12.6. The molecular formula is C21H26IN3O3. The fourth-order valence-electron chi connectivity index (χ4n) is 2.40. The van der Waals surface area contributed by atoms with Crippen molar-refractivity contribution in [3.63, 3.8) is 0 Å². The maximum absolute atomic E-state index is 12.6.